The summed E-state index contributed by atoms with van der Waals surface area (Å²) >= 11 is 11.4. The molecule has 0 amide bonds. The molecule has 11 heavy (non-hydrogen) atoms. The number of alkyl halides is 2. The second-order valence-corrected chi connectivity index (χ2v) is 3.39. The van der Waals surface area contributed by atoms with Crippen LogP contribution in [0.5, 0.6) is 0 Å². The van der Waals surface area contributed by atoms with Crippen molar-refractivity contribution in [2.45, 2.75) is 31.1 Å². The molecule has 1 aliphatic heterocycles. The molecule has 1 aliphatic rings. The van der Waals surface area contributed by atoms with Gasteiger partial charge in [0.05, 0.1) is 12.0 Å². The predicted molar refractivity (Wildman–Crippen MR) is 45.3 cm³/mol. The Balaban J connectivity index is 2.29. The third kappa shape index (κ3) is 2.48. The summed E-state index contributed by atoms with van der Waals surface area (Å²) in [5, 5.41) is -0.131. The van der Waals surface area contributed by atoms with Gasteiger partial charge in [-0.25, -0.2) is 0 Å². The monoisotopic (exact) mass is 198 g/mol. The van der Waals surface area contributed by atoms with E-state index in [1.165, 1.54) is 0 Å². The first-order valence-electron chi connectivity index (χ1n) is 3.75. The lowest BCUT2D eigenvalue weighted by atomic mass is 10.3. The normalized spacial score (nSPS) is 34.1. The molecule has 2 nitrogen and oxygen atoms in total. The van der Waals surface area contributed by atoms with E-state index in [4.69, 9.17) is 32.7 Å². The highest BCUT2D eigenvalue weighted by atomic mass is 35.5. The van der Waals surface area contributed by atoms with Gasteiger partial charge in [-0.3, -0.25) is 0 Å². The number of halogens is 2. The summed E-state index contributed by atoms with van der Waals surface area (Å²) < 4.78 is 10.7. The van der Waals surface area contributed by atoms with Crippen LogP contribution in [-0.2, 0) is 9.47 Å². The summed E-state index contributed by atoms with van der Waals surface area (Å²) in [4.78, 5) is 0. The van der Waals surface area contributed by atoms with Crippen LogP contribution >= 0.6 is 23.2 Å². The Hall–Kier alpha value is 0.500. The quantitative estimate of drug-likeness (QED) is 0.647. The van der Waals surface area contributed by atoms with Crippen molar-refractivity contribution in [3.63, 3.8) is 0 Å². The minimum absolute atomic E-state index is 0.0286. The average molecular weight is 199 g/mol. The van der Waals surface area contributed by atoms with Crippen LogP contribution in [0.25, 0.3) is 0 Å². The van der Waals surface area contributed by atoms with E-state index < -0.39 is 0 Å². The number of hydrogen-bond donors (Lipinski definition) is 0. The third-order valence-corrected chi connectivity index (χ3v) is 2.58. The first kappa shape index (κ1) is 9.59. The summed E-state index contributed by atoms with van der Waals surface area (Å²) in [5.41, 5.74) is 0. The van der Waals surface area contributed by atoms with E-state index in [9.17, 15) is 0 Å². The van der Waals surface area contributed by atoms with Crippen molar-refractivity contribution in [1.29, 1.82) is 0 Å². The molecule has 1 saturated heterocycles. The highest BCUT2D eigenvalue weighted by molar-refractivity contribution is 6.28. The minimum Gasteiger partial charge on any atom is -0.350 e. The Bertz CT molecular complexity index is 121. The molecule has 0 unspecified atom stereocenters. The maximum Gasteiger partial charge on any atom is 0.158 e. The Morgan fingerprint density at radius 3 is 2.82 bits per heavy atom. The zero-order valence-electron chi connectivity index (χ0n) is 6.43. The molecule has 1 rings (SSSR count). The van der Waals surface area contributed by atoms with Gasteiger partial charge >= 0.3 is 0 Å². The molecule has 66 valence electrons. The molecule has 0 aromatic rings. The predicted octanol–water partition coefficient (Wildman–Crippen LogP) is 1.98. The molecule has 0 bridgehead atoms. The fraction of sp³-hybridized carbons (Fsp3) is 1.00. The molecule has 4 heteroatoms. The maximum atomic E-state index is 5.86. The maximum absolute atomic E-state index is 5.86. The molecule has 0 spiro atoms. The first-order chi connectivity index (χ1) is 5.27. The first-order valence-corrected chi connectivity index (χ1v) is 4.72. The minimum atomic E-state index is -0.131. The van der Waals surface area contributed by atoms with E-state index >= 15 is 0 Å². The Kier molecular flexibility index (Phi) is 3.93. The van der Waals surface area contributed by atoms with Gasteiger partial charge in [-0.2, -0.15) is 0 Å². The smallest absolute Gasteiger partial charge is 0.158 e. The van der Waals surface area contributed by atoms with E-state index in [1.807, 2.05) is 6.92 Å². The van der Waals surface area contributed by atoms with Crippen molar-refractivity contribution in [3.05, 3.63) is 0 Å². The number of rotatable bonds is 3. The van der Waals surface area contributed by atoms with Crippen LogP contribution in [-0.4, -0.2) is 30.3 Å². The molecule has 0 N–H and O–H groups in total. The van der Waals surface area contributed by atoms with Gasteiger partial charge in [0, 0.05) is 5.88 Å². The standard InChI is InChI=1S/C7H12Cl2O2/c1-2-7-10-4-6(11-7)5(9)3-8/h5-7H,2-4H2,1H3/t5-,6-,7-/m1/s1. The summed E-state index contributed by atoms with van der Waals surface area (Å²) in [7, 11) is 0. The van der Waals surface area contributed by atoms with Gasteiger partial charge in [0.15, 0.2) is 6.29 Å². The second kappa shape index (κ2) is 4.51. The zero-order valence-corrected chi connectivity index (χ0v) is 7.94. The summed E-state index contributed by atoms with van der Waals surface area (Å²) in [6.07, 6.45) is 0.756. The van der Waals surface area contributed by atoms with Crippen molar-refractivity contribution in [2.24, 2.45) is 0 Å². The zero-order chi connectivity index (χ0) is 8.27. The van der Waals surface area contributed by atoms with Crippen molar-refractivity contribution in [3.8, 4) is 0 Å². The van der Waals surface area contributed by atoms with E-state index in [0.717, 1.165) is 6.42 Å². The number of ether oxygens (including phenoxy) is 2. The highest BCUT2D eigenvalue weighted by Crippen LogP contribution is 2.20. The van der Waals surface area contributed by atoms with Crippen LogP contribution in [0.2, 0.25) is 0 Å². The molecule has 3 atom stereocenters. The fourth-order valence-corrected chi connectivity index (χ4v) is 1.31. The highest BCUT2D eigenvalue weighted by Gasteiger charge is 2.29. The van der Waals surface area contributed by atoms with Crippen LogP contribution in [0.4, 0.5) is 0 Å². The van der Waals surface area contributed by atoms with Gasteiger partial charge < -0.3 is 9.47 Å². The summed E-state index contributed by atoms with van der Waals surface area (Å²) in [6.45, 7) is 2.58. The van der Waals surface area contributed by atoms with E-state index in [1.54, 1.807) is 0 Å². The largest absolute Gasteiger partial charge is 0.350 e. The number of hydrogen-bond acceptors (Lipinski definition) is 2. The van der Waals surface area contributed by atoms with Gasteiger partial charge in [-0.1, -0.05) is 6.92 Å². The molecule has 0 aromatic heterocycles. The molecular weight excluding hydrogens is 187 g/mol. The summed E-state index contributed by atoms with van der Waals surface area (Å²) in [5.74, 6) is 0.409. The molecule has 0 aliphatic carbocycles. The molecular formula is C7H12Cl2O2. The SMILES string of the molecule is CC[C@@H]1OC[C@H]([C@H](Cl)CCl)O1. The van der Waals surface area contributed by atoms with Crippen molar-refractivity contribution in [1.82, 2.24) is 0 Å². The van der Waals surface area contributed by atoms with Gasteiger partial charge in [0.25, 0.3) is 0 Å². The van der Waals surface area contributed by atoms with Gasteiger partial charge in [-0.05, 0) is 6.42 Å². The topological polar surface area (TPSA) is 18.5 Å². The van der Waals surface area contributed by atoms with Crippen LogP contribution in [0.15, 0.2) is 0 Å². The molecule has 1 fully saturated rings. The lowest BCUT2D eigenvalue weighted by Gasteiger charge is -2.12. The van der Waals surface area contributed by atoms with Gasteiger partial charge in [0.2, 0.25) is 0 Å². The fourth-order valence-electron chi connectivity index (χ4n) is 0.979. The second-order valence-electron chi connectivity index (χ2n) is 2.52. The Labute approximate surface area is 76.8 Å². The van der Waals surface area contributed by atoms with Crippen LogP contribution in [0, 0.1) is 0 Å². The van der Waals surface area contributed by atoms with E-state index in [2.05, 4.69) is 0 Å². The molecule has 0 radical (unpaired) electrons. The van der Waals surface area contributed by atoms with Crippen molar-refractivity contribution < 1.29 is 9.47 Å². The van der Waals surface area contributed by atoms with Crippen molar-refractivity contribution in [2.75, 3.05) is 12.5 Å². The average Bonchev–Trinajstić information content (AvgIpc) is 2.50. The van der Waals surface area contributed by atoms with E-state index in [-0.39, 0.29) is 17.8 Å². The van der Waals surface area contributed by atoms with Gasteiger partial charge in [-0.15, -0.1) is 23.2 Å². The molecule has 1 heterocycles. The third-order valence-electron chi connectivity index (χ3n) is 1.66. The summed E-state index contributed by atoms with van der Waals surface area (Å²) in [6, 6.07) is 0. The molecule has 0 saturated carbocycles. The van der Waals surface area contributed by atoms with Gasteiger partial charge in [0.1, 0.15) is 6.10 Å². The van der Waals surface area contributed by atoms with Crippen molar-refractivity contribution >= 4 is 23.2 Å². The van der Waals surface area contributed by atoms with E-state index in [0.29, 0.717) is 12.5 Å². The Morgan fingerprint density at radius 1 is 1.64 bits per heavy atom. The van der Waals surface area contributed by atoms with Crippen LogP contribution in [0.1, 0.15) is 13.3 Å². The molecule has 0 aromatic carbocycles. The lowest BCUT2D eigenvalue weighted by Crippen LogP contribution is -2.25. The van der Waals surface area contributed by atoms with Crippen LogP contribution < -0.4 is 0 Å². The van der Waals surface area contributed by atoms with Crippen LogP contribution in [0.3, 0.4) is 0 Å². The Morgan fingerprint density at radius 2 is 2.36 bits per heavy atom. The lowest BCUT2D eigenvalue weighted by molar-refractivity contribution is -0.0582.